The Morgan fingerprint density at radius 1 is 1.07 bits per heavy atom. The lowest BCUT2D eigenvalue weighted by atomic mass is 10.1. The highest BCUT2D eigenvalue weighted by molar-refractivity contribution is 7.89. The summed E-state index contributed by atoms with van der Waals surface area (Å²) in [5, 5.41) is 9.06. The molecule has 1 heterocycles. The van der Waals surface area contributed by atoms with Crippen LogP contribution in [-0.2, 0) is 14.8 Å². The van der Waals surface area contributed by atoms with Crippen LogP contribution in [0.3, 0.4) is 0 Å². The number of hydrogen-bond donors (Lipinski definition) is 2. The summed E-state index contributed by atoms with van der Waals surface area (Å²) in [5.41, 5.74) is 4.42. The molecule has 0 aliphatic heterocycles. The average Bonchev–Trinajstić information content (AvgIpc) is 3.39. The number of nitrogens with one attached hydrogen (secondary N) is 1. The van der Waals surface area contributed by atoms with Gasteiger partial charge in [-0.05, 0) is 54.3 Å². The number of nitrogens with two attached hydrogens (primary N) is 1. The zero-order valence-electron chi connectivity index (χ0n) is 15.4. The smallest absolute Gasteiger partial charge is 0.243 e. The first-order valence-electron chi connectivity index (χ1n) is 9.03. The van der Waals surface area contributed by atoms with Crippen LogP contribution in [-0.4, -0.2) is 20.5 Å². The molecule has 29 heavy (non-hydrogen) atoms. The maximum Gasteiger partial charge on any atom is 0.243 e. The van der Waals surface area contributed by atoms with Gasteiger partial charge >= 0.3 is 0 Å². The fraction of sp³-hybridized carbons (Fsp3) is 0.143. The van der Waals surface area contributed by atoms with Crippen LogP contribution >= 0.6 is 0 Å². The highest BCUT2D eigenvalue weighted by Gasteiger charge is 2.43. The number of carbonyl (C=O) groups is 1. The van der Waals surface area contributed by atoms with Crippen LogP contribution in [0.4, 0.5) is 0 Å². The van der Waals surface area contributed by atoms with E-state index in [1.165, 1.54) is 23.9 Å². The molecular formula is C21H19N3O4S. The van der Waals surface area contributed by atoms with E-state index in [9.17, 15) is 13.2 Å². The van der Waals surface area contributed by atoms with E-state index >= 15 is 0 Å². The third kappa shape index (κ3) is 4.44. The normalized spacial score (nSPS) is 18.7. The van der Waals surface area contributed by atoms with Gasteiger partial charge in [0.25, 0.3) is 0 Å². The van der Waals surface area contributed by atoms with Crippen molar-refractivity contribution in [1.29, 1.82) is 0 Å². The minimum Gasteiger partial charge on any atom is -0.455 e. The summed E-state index contributed by atoms with van der Waals surface area (Å²) in [6.45, 7) is 0. The first kappa shape index (κ1) is 19.1. The number of benzene rings is 2. The largest absolute Gasteiger partial charge is 0.455 e. The summed E-state index contributed by atoms with van der Waals surface area (Å²) in [6.07, 6.45) is 2.25. The van der Waals surface area contributed by atoms with Gasteiger partial charge in [0.15, 0.2) is 0 Å². The summed E-state index contributed by atoms with van der Waals surface area (Å²) in [4.78, 5) is 12.2. The van der Waals surface area contributed by atoms with Crippen LogP contribution < -0.4 is 10.6 Å². The molecule has 1 aliphatic carbocycles. The zero-order chi connectivity index (χ0) is 20.4. The van der Waals surface area contributed by atoms with Gasteiger partial charge in [-0.25, -0.2) is 19.0 Å². The Kier molecular flexibility index (Phi) is 5.04. The monoisotopic (exact) mass is 409 g/mol. The van der Waals surface area contributed by atoms with Crippen molar-refractivity contribution in [2.45, 2.75) is 17.2 Å². The Balaban J connectivity index is 1.35. The molecule has 1 saturated carbocycles. The molecule has 3 N–H and O–H groups in total. The molecule has 1 aliphatic rings. The lowest BCUT2D eigenvalue weighted by Gasteiger charge is -2.00. The fourth-order valence-corrected chi connectivity index (χ4v) is 3.70. The molecule has 1 aromatic heterocycles. The number of hydrazone groups is 1. The summed E-state index contributed by atoms with van der Waals surface area (Å²) in [5.74, 6) is 1.10. The van der Waals surface area contributed by atoms with Gasteiger partial charge in [-0.3, -0.25) is 4.79 Å². The van der Waals surface area contributed by atoms with Gasteiger partial charge in [-0.1, -0.05) is 30.3 Å². The van der Waals surface area contributed by atoms with Gasteiger partial charge in [0.2, 0.25) is 15.9 Å². The van der Waals surface area contributed by atoms with Gasteiger partial charge in [0.05, 0.1) is 11.1 Å². The summed E-state index contributed by atoms with van der Waals surface area (Å²) < 4.78 is 28.3. The summed E-state index contributed by atoms with van der Waals surface area (Å²) in [6, 6.07) is 19.5. The van der Waals surface area contributed by atoms with E-state index in [0.29, 0.717) is 17.1 Å². The minimum absolute atomic E-state index is 0.0335. The van der Waals surface area contributed by atoms with E-state index < -0.39 is 10.0 Å². The molecule has 8 heteroatoms. The number of carbonyl (C=O) groups excluding carboxylic acids is 1. The quantitative estimate of drug-likeness (QED) is 0.481. The van der Waals surface area contributed by atoms with Crippen molar-refractivity contribution in [3.8, 4) is 11.3 Å². The highest BCUT2D eigenvalue weighted by Crippen LogP contribution is 2.47. The van der Waals surface area contributed by atoms with E-state index in [0.717, 1.165) is 6.42 Å². The molecule has 0 saturated heterocycles. The molecule has 4 rings (SSSR count). The van der Waals surface area contributed by atoms with Crippen molar-refractivity contribution in [1.82, 2.24) is 5.43 Å². The third-order valence-corrected chi connectivity index (χ3v) is 5.74. The zero-order valence-corrected chi connectivity index (χ0v) is 16.2. The van der Waals surface area contributed by atoms with Crippen LogP contribution in [0.25, 0.3) is 11.3 Å². The Bertz CT molecular complexity index is 1150. The molecule has 2 atom stereocenters. The van der Waals surface area contributed by atoms with Gasteiger partial charge in [-0.2, -0.15) is 5.10 Å². The van der Waals surface area contributed by atoms with E-state index in [4.69, 9.17) is 9.56 Å². The SMILES string of the molecule is NS(=O)(=O)c1ccc(-c2ccc(/C=N\NC(=O)[C@@H]3C[C@H]3c3ccccc3)o2)cc1. The van der Waals surface area contributed by atoms with E-state index in [1.54, 1.807) is 24.3 Å². The van der Waals surface area contributed by atoms with E-state index in [-0.39, 0.29) is 22.6 Å². The predicted molar refractivity (Wildman–Crippen MR) is 109 cm³/mol. The summed E-state index contributed by atoms with van der Waals surface area (Å²) in [7, 11) is -3.73. The maximum absolute atomic E-state index is 12.2. The summed E-state index contributed by atoms with van der Waals surface area (Å²) >= 11 is 0. The topological polar surface area (TPSA) is 115 Å². The molecule has 0 bridgehead atoms. The molecule has 148 valence electrons. The van der Waals surface area contributed by atoms with Crippen molar-refractivity contribution in [2.75, 3.05) is 0 Å². The second-order valence-corrected chi connectivity index (χ2v) is 8.43. The third-order valence-electron chi connectivity index (χ3n) is 4.82. The standard InChI is InChI=1S/C21H19N3O4S/c22-29(26,27)17-9-6-15(7-10-17)20-11-8-16(28-20)13-23-24-21(25)19-12-18(19)14-4-2-1-3-5-14/h1-11,13,18-19H,12H2,(H,24,25)(H2,22,26,27)/b23-13-/t18-,19+/m0/s1. The van der Waals surface area contributed by atoms with Crippen molar-refractivity contribution in [3.63, 3.8) is 0 Å². The molecule has 2 aromatic carbocycles. The van der Waals surface area contributed by atoms with Crippen LogP contribution in [0.5, 0.6) is 0 Å². The van der Waals surface area contributed by atoms with Crippen LogP contribution in [0, 0.1) is 5.92 Å². The van der Waals surface area contributed by atoms with Crippen LogP contribution in [0.2, 0.25) is 0 Å². The van der Waals surface area contributed by atoms with Crippen molar-refractivity contribution in [2.24, 2.45) is 16.2 Å². The molecule has 3 aromatic rings. The lowest BCUT2D eigenvalue weighted by Crippen LogP contribution is -2.20. The van der Waals surface area contributed by atoms with Crippen molar-refractivity contribution < 1.29 is 17.6 Å². The predicted octanol–water partition coefficient (Wildman–Crippen LogP) is 2.85. The van der Waals surface area contributed by atoms with Gasteiger partial charge in [-0.15, -0.1) is 0 Å². The highest BCUT2D eigenvalue weighted by atomic mass is 32.2. The molecule has 0 unspecified atom stereocenters. The van der Waals surface area contributed by atoms with Crippen molar-refractivity contribution >= 4 is 22.1 Å². The number of rotatable bonds is 6. The first-order valence-corrected chi connectivity index (χ1v) is 10.6. The molecule has 1 amide bonds. The minimum atomic E-state index is -3.73. The number of amides is 1. The van der Waals surface area contributed by atoms with E-state index in [1.807, 2.05) is 30.3 Å². The van der Waals surface area contributed by atoms with Gasteiger partial charge < -0.3 is 4.42 Å². The van der Waals surface area contributed by atoms with E-state index in [2.05, 4.69) is 10.5 Å². The molecule has 0 radical (unpaired) electrons. The number of furan rings is 1. The fourth-order valence-electron chi connectivity index (χ4n) is 3.18. The number of primary sulfonamides is 1. The molecule has 7 nitrogen and oxygen atoms in total. The van der Waals surface area contributed by atoms with Gasteiger partial charge in [0, 0.05) is 11.5 Å². The van der Waals surface area contributed by atoms with Crippen LogP contribution in [0.1, 0.15) is 23.7 Å². The Morgan fingerprint density at radius 2 is 1.79 bits per heavy atom. The number of sulfonamides is 1. The Morgan fingerprint density at radius 3 is 2.48 bits per heavy atom. The Hall–Kier alpha value is -3.23. The lowest BCUT2D eigenvalue weighted by molar-refractivity contribution is -0.122. The van der Waals surface area contributed by atoms with Gasteiger partial charge in [0.1, 0.15) is 11.5 Å². The van der Waals surface area contributed by atoms with Crippen molar-refractivity contribution in [3.05, 3.63) is 78.1 Å². The first-order chi connectivity index (χ1) is 13.9. The second kappa shape index (κ2) is 7.65. The van der Waals surface area contributed by atoms with Crippen LogP contribution in [0.15, 0.2) is 81.1 Å². The number of nitrogens with zero attached hydrogens (tertiary/aromatic N) is 1. The average molecular weight is 409 g/mol. The molecule has 0 spiro atoms. The number of hydrogen-bond acceptors (Lipinski definition) is 5. The molecular weight excluding hydrogens is 390 g/mol. The molecule has 1 fully saturated rings. The second-order valence-electron chi connectivity index (χ2n) is 6.87. The Labute approximate surface area is 168 Å². The maximum atomic E-state index is 12.2.